The fourth-order valence-electron chi connectivity index (χ4n) is 2.59. The number of amides is 1. The van der Waals surface area contributed by atoms with Crippen molar-refractivity contribution in [1.82, 2.24) is 15.1 Å². The first-order valence-corrected chi connectivity index (χ1v) is 8.20. The number of hydrogen-bond donors (Lipinski definition) is 1. The molecule has 0 aliphatic rings. The van der Waals surface area contributed by atoms with Gasteiger partial charge in [-0.05, 0) is 55.0 Å². The normalized spacial score (nSPS) is 10.5. The number of nitrogens with one attached hydrogen (secondary N) is 1. The van der Waals surface area contributed by atoms with Gasteiger partial charge >= 0.3 is 0 Å². The summed E-state index contributed by atoms with van der Waals surface area (Å²) in [5.41, 5.74) is 4.84. The summed E-state index contributed by atoms with van der Waals surface area (Å²) in [7, 11) is 4.01. The van der Waals surface area contributed by atoms with E-state index < -0.39 is 0 Å². The molecular weight excluding hydrogens is 312 g/mol. The molecule has 0 fully saturated rings. The molecule has 0 saturated heterocycles. The summed E-state index contributed by atoms with van der Waals surface area (Å²) in [6.45, 7) is 2.50. The standard InChI is InChI=1S/C20H22N4O/c1-15-12-13-22-24(15)19-10-6-17(7-11-19)20(25)21-14-16-4-8-18(9-5-16)23(2)3/h4-13H,14H2,1-3H3,(H,21,25). The van der Waals surface area contributed by atoms with Crippen LogP contribution in [-0.4, -0.2) is 29.8 Å². The average Bonchev–Trinajstić information content (AvgIpc) is 3.06. The maximum Gasteiger partial charge on any atom is 0.251 e. The Morgan fingerprint density at radius 3 is 2.28 bits per heavy atom. The molecule has 1 N–H and O–H groups in total. The van der Waals surface area contributed by atoms with Gasteiger partial charge < -0.3 is 10.2 Å². The van der Waals surface area contributed by atoms with E-state index in [0.29, 0.717) is 12.1 Å². The molecule has 5 heteroatoms. The van der Waals surface area contributed by atoms with Gasteiger partial charge in [0, 0.05) is 43.8 Å². The van der Waals surface area contributed by atoms with Crippen LogP contribution in [-0.2, 0) is 6.54 Å². The number of aromatic nitrogens is 2. The Balaban J connectivity index is 1.62. The van der Waals surface area contributed by atoms with Crippen LogP contribution in [0.2, 0.25) is 0 Å². The highest BCUT2D eigenvalue weighted by atomic mass is 16.1. The monoisotopic (exact) mass is 334 g/mol. The van der Waals surface area contributed by atoms with Crippen molar-refractivity contribution in [2.45, 2.75) is 13.5 Å². The van der Waals surface area contributed by atoms with Crippen LogP contribution in [0.15, 0.2) is 60.8 Å². The van der Waals surface area contributed by atoms with Crippen LogP contribution in [0, 0.1) is 6.92 Å². The molecule has 1 heterocycles. The summed E-state index contributed by atoms with van der Waals surface area (Å²) in [6, 6.07) is 17.5. The lowest BCUT2D eigenvalue weighted by Crippen LogP contribution is -2.22. The highest BCUT2D eigenvalue weighted by Gasteiger charge is 2.07. The van der Waals surface area contributed by atoms with E-state index in [1.807, 2.05) is 85.2 Å². The number of carbonyl (C=O) groups excluding carboxylic acids is 1. The average molecular weight is 334 g/mol. The molecule has 0 unspecified atom stereocenters. The Morgan fingerprint density at radius 2 is 1.72 bits per heavy atom. The predicted octanol–water partition coefficient (Wildman–Crippen LogP) is 3.18. The Bertz CT molecular complexity index is 848. The Morgan fingerprint density at radius 1 is 1.04 bits per heavy atom. The quantitative estimate of drug-likeness (QED) is 0.780. The van der Waals surface area contributed by atoms with Crippen molar-refractivity contribution >= 4 is 11.6 Å². The van der Waals surface area contributed by atoms with Crippen molar-refractivity contribution in [3.63, 3.8) is 0 Å². The molecule has 0 radical (unpaired) electrons. The van der Waals surface area contributed by atoms with E-state index >= 15 is 0 Å². The number of hydrogen-bond acceptors (Lipinski definition) is 3. The molecule has 0 aliphatic carbocycles. The van der Waals surface area contributed by atoms with E-state index in [9.17, 15) is 4.79 Å². The first kappa shape index (κ1) is 16.8. The van der Waals surface area contributed by atoms with Crippen LogP contribution < -0.4 is 10.2 Å². The van der Waals surface area contributed by atoms with Crippen LogP contribution in [0.3, 0.4) is 0 Å². The van der Waals surface area contributed by atoms with Gasteiger partial charge in [-0.1, -0.05) is 12.1 Å². The molecule has 3 aromatic rings. The highest BCUT2D eigenvalue weighted by Crippen LogP contribution is 2.13. The summed E-state index contributed by atoms with van der Waals surface area (Å²) in [5.74, 6) is -0.0829. The summed E-state index contributed by atoms with van der Waals surface area (Å²) in [6.07, 6.45) is 1.76. The first-order valence-electron chi connectivity index (χ1n) is 8.20. The summed E-state index contributed by atoms with van der Waals surface area (Å²) in [5, 5.41) is 7.22. The van der Waals surface area contributed by atoms with Crippen LogP contribution in [0.1, 0.15) is 21.6 Å². The Labute approximate surface area is 147 Å². The van der Waals surface area contributed by atoms with E-state index in [-0.39, 0.29) is 5.91 Å². The first-order chi connectivity index (χ1) is 12.0. The predicted molar refractivity (Wildman–Crippen MR) is 100 cm³/mol. The minimum Gasteiger partial charge on any atom is -0.378 e. The van der Waals surface area contributed by atoms with Gasteiger partial charge in [0.25, 0.3) is 5.91 Å². The number of nitrogens with zero attached hydrogens (tertiary/aromatic N) is 3. The van der Waals surface area contributed by atoms with Gasteiger partial charge in [0.1, 0.15) is 0 Å². The second-order valence-corrected chi connectivity index (χ2v) is 6.17. The van der Waals surface area contributed by atoms with Gasteiger partial charge in [-0.15, -0.1) is 0 Å². The van der Waals surface area contributed by atoms with E-state index in [1.165, 1.54) is 0 Å². The Hall–Kier alpha value is -3.08. The summed E-state index contributed by atoms with van der Waals surface area (Å²) >= 11 is 0. The van der Waals surface area contributed by atoms with Crippen LogP contribution in [0.25, 0.3) is 5.69 Å². The van der Waals surface area contributed by atoms with Crippen molar-refractivity contribution in [3.05, 3.63) is 77.6 Å². The van der Waals surface area contributed by atoms with Gasteiger partial charge in [0.05, 0.1) is 5.69 Å². The second kappa shape index (κ2) is 7.21. The molecule has 25 heavy (non-hydrogen) atoms. The van der Waals surface area contributed by atoms with Crippen molar-refractivity contribution in [2.24, 2.45) is 0 Å². The summed E-state index contributed by atoms with van der Waals surface area (Å²) in [4.78, 5) is 14.4. The topological polar surface area (TPSA) is 50.2 Å². The molecule has 2 aromatic carbocycles. The molecule has 0 spiro atoms. The van der Waals surface area contributed by atoms with E-state index in [4.69, 9.17) is 0 Å². The fraction of sp³-hybridized carbons (Fsp3) is 0.200. The third kappa shape index (κ3) is 3.88. The zero-order valence-electron chi connectivity index (χ0n) is 14.7. The van der Waals surface area contributed by atoms with Gasteiger partial charge in [-0.25, -0.2) is 4.68 Å². The van der Waals surface area contributed by atoms with Crippen LogP contribution in [0.4, 0.5) is 5.69 Å². The number of benzene rings is 2. The van der Waals surface area contributed by atoms with Crippen molar-refractivity contribution < 1.29 is 4.79 Å². The third-order valence-corrected chi connectivity index (χ3v) is 4.11. The van der Waals surface area contributed by atoms with Gasteiger partial charge in [-0.3, -0.25) is 4.79 Å². The third-order valence-electron chi connectivity index (χ3n) is 4.11. The van der Waals surface area contributed by atoms with E-state index in [0.717, 1.165) is 22.6 Å². The van der Waals surface area contributed by atoms with Crippen molar-refractivity contribution in [3.8, 4) is 5.69 Å². The number of anilines is 1. The lowest BCUT2D eigenvalue weighted by atomic mass is 10.1. The molecule has 3 rings (SSSR count). The number of carbonyl (C=O) groups is 1. The highest BCUT2D eigenvalue weighted by molar-refractivity contribution is 5.94. The largest absolute Gasteiger partial charge is 0.378 e. The van der Waals surface area contributed by atoms with Gasteiger partial charge in [0.15, 0.2) is 0 Å². The minimum absolute atomic E-state index is 0.0829. The molecular formula is C20H22N4O. The minimum atomic E-state index is -0.0829. The van der Waals surface area contributed by atoms with Crippen molar-refractivity contribution in [1.29, 1.82) is 0 Å². The lowest BCUT2D eigenvalue weighted by molar-refractivity contribution is 0.0951. The molecule has 0 bridgehead atoms. The molecule has 1 amide bonds. The summed E-state index contributed by atoms with van der Waals surface area (Å²) < 4.78 is 1.84. The SMILES string of the molecule is Cc1ccnn1-c1ccc(C(=O)NCc2ccc(N(C)C)cc2)cc1. The molecule has 128 valence electrons. The number of rotatable bonds is 5. The fourth-order valence-corrected chi connectivity index (χ4v) is 2.59. The van der Waals surface area contributed by atoms with Crippen LogP contribution in [0.5, 0.6) is 0 Å². The second-order valence-electron chi connectivity index (χ2n) is 6.17. The smallest absolute Gasteiger partial charge is 0.251 e. The van der Waals surface area contributed by atoms with E-state index in [1.54, 1.807) is 6.20 Å². The molecule has 0 aliphatic heterocycles. The molecule has 5 nitrogen and oxygen atoms in total. The molecule has 0 saturated carbocycles. The molecule has 1 aromatic heterocycles. The Kier molecular flexibility index (Phi) is 4.84. The van der Waals surface area contributed by atoms with Gasteiger partial charge in [0.2, 0.25) is 0 Å². The van der Waals surface area contributed by atoms with Gasteiger partial charge in [-0.2, -0.15) is 5.10 Å². The van der Waals surface area contributed by atoms with Crippen LogP contribution >= 0.6 is 0 Å². The maximum absolute atomic E-state index is 12.3. The zero-order valence-corrected chi connectivity index (χ0v) is 14.7. The molecule has 0 atom stereocenters. The zero-order chi connectivity index (χ0) is 17.8. The lowest BCUT2D eigenvalue weighted by Gasteiger charge is -2.13. The maximum atomic E-state index is 12.3. The van der Waals surface area contributed by atoms with E-state index in [2.05, 4.69) is 10.4 Å². The number of aryl methyl sites for hydroxylation is 1. The van der Waals surface area contributed by atoms with Crippen molar-refractivity contribution in [2.75, 3.05) is 19.0 Å².